The first kappa shape index (κ1) is 20.3. The quantitative estimate of drug-likeness (QED) is 0.691. The molecule has 2 aliphatic rings. The van der Waals surface area contributed by atoms with E-state index in [0.717, 1.165) is 37.7 Å². The van der Waals surface area contributed by atoms with Crippen LogP contribution in [-0.2, 0) is 21.5 Å². The van der Waals surface area contributed by atoms with E-state index in [9.17, 15) is 9.59 Å². The first-order valence-corrected chi connectivity index (χ1v) is 10.3. The Morgan fingerprint density at radius 3 is 2.57 bits per heavy atom. The average molecular weight is 413 g/mol. The van der Waals surface area contributed by atoms with Gasteiger partial charge in [-0.25, -0.2) is 4.79 Å². The molecule has 0 radical (unpaired) electrons. The van der Waals surface area contributed by atoms with Crippen LogP contribution in [0.25, 0.3) is 0 Å². The van der Waals surface area contributed by atoms with Gasteiger partial charge < -0.3 is 23.5 Å². The molecule has 2 aromatic rings. The SMILES string of the molecule is COC(=O)c1cc(CN(C)C(=O)C2(c3ccc4c(c3)OCO4)CCCCC2)oc1C. The Bertz CT molecular complexity index is 957. The number of fused-ring (bicyclic) bond motifs is 1. The van der Waals surface area contributed by atoms with Crippen molar-refractivity contribution in [3.63, 3.8) is 0 Å². The molecule has 4 rings (SSSR count). The molecule has 0 unspecified atom stereocenters. The molecule has 1 aromatic heterocycles. The van der Waals surface area contributed by atoms with Gasteiger partial charge in [-0.15, -0.1) is 0 Å². The molecule has 7 nitrogen and oxygen atoms in total. The number of likely N-dealkylation sites (N-methyl/N-ethyl adjacent to an activating group) is 1. The van der Waals surface area contributed by atoms with E-state index >= 15 is 0 Å². The fraction of sp³-hybridized carbons (Fsp3) is 0.478. The number of aryl methyl sites for hydroxylation is 1. The predicted molar refractivity (Wildman–Crippen MR) is 109 cm³/mol. The van der Waals surface area contributed by atoms with Gasteiger partial charge in [0.2, 0.25) is 12.7 Å². The van der Waals surface area contributed by atoms with Crippen LogP contribution < -0.4 is 9.47 Å². The van der Waals surface area contributed by atoms with Gasteiger partial charge in [0.25, 0.3) is 0 Å². The molecule has 0 spiro atoms. The standard InChI is InChI=1S/C23H27NO6/c1-15-18(21(25)27-3)12-17(30-15)13-24(2)22(26)23(9-5-4-6-10-23)16-7-8-19-20(11-16)29-14-28-19/h7-8,11-12H,4-6,9-10,13-14H2,1-3H3. The van der Waals surface area contributed by atoms with Gasteiger partial charge in [0.05, 0.1) is 19.1 Å². The minimum atomic E-state index is -0.596. The number of carbonyl (C=O) groups is 2. The van der Waals surface area contributed by atoms with E-state index < -0.39 is 11.4 Å². The van der Waals surface area contributed by atoms with Crippen LogP contribution in [-0.4, -0.2) is 37.7 Å². The van der Waals surface area contributed by atoms with Crippen molar-refractivity contribution in [2.75, 3.05) is 21.0 Å². The molecule has 0 N–H and O–H groups in total. The molecule has 1 aromatic carbocycles. The lowest BCUT2D eigenvalue weighted by Gasteiger charge is -2.39. The first-order chi connectivity index (χ1) is 14.4. The van der Waals surface area contributed by atoms with Crippen LogP contribution in [0.3, 0.4) is 0 Å². The molecular weight excluding hydrogens is 386 g/mol. The van der Waals surface area contributed by atoms with Crippen LogP contribution in [0.1, 0.15) is 59.5 Å². The number of furan rings is 1. The molecule has 1 amide bonds. The van der Waals surface area contributed by atoms with Crippen molar-refractivity contribution in [1.29, 1.82) is 0 Å². The maximum absolute atomic E-state index is 13.7. The maximum Gasteiger partial charge on any atom is 0.341 e. The molecule has 1 aliphatic carbocycles. The molecule has 7 heteroatoms. The highest BCUT2D eigenvalue weighted by molar-refractivity contribution is 5.91. The molecule has 0 saturated heterocycles. The van der Waals surface area contributed by atoms with E-state index in [4.69, 9.17) is 18.6 Å². The van der Waals surface area contributed by atoms with Crippen molar-refractivity contribution in [2.45, 2.75) is 51.0 Å². The van der Waals surface area contributed by atoms with E-state index in [0.29, 0.717) is 28.6 Å². The molecular formula is C23H27NO6. The molecule has 0 bridgehead atoms. The molecule has 1 fully saturated rings. The molecule has 2 heterocycles. The lowest BCUT2D eigenvalue weighted by Crippen LogP contribution is -2.46. The highest BCUT2D eigenvalue weighted by Gasteiger charge is 2.43. The largest absolute Gasteiger partial charge is 0.465 e. The predicted octanol–water partition coefficient (Wildman–Crippen LogP) is 3.96. The second-order valence-corrected chi connectivity index (χ2v) is 8.05. The fourth-order valence-corrected chi connectivity index (χ4v) is 4.58. The van der Waals surface area contributed by atoms with E-state index in [1.165, 1.54) is 7.11 Å². The summed E-state index contributed by atoms with van der Waals surface area (Å²) in [6.45, 7) is 2.20. The summed E-state index contributed by atoms with van der Waals surface area (Å²) in [4.78, 5) is 27.3. The zero-order chi connectivity index (χ0) is 21.3. The number of esters is 1. The first-order valence-electron chi connectivity index (χ1n) is 10.3. The lowest BCUT2D eigenvalue weighted by molar-refractivity contribution is -0.138. The van der Waals surface area contributed by atoms with Gasteiger partial charge in [-0.05, 0) is 43.5 Å². The van der Waals surface area contributed by atoms with Crippen molar-refractivity contribution < 1.29 is 28.2 Å². The Morgan fingerprint density at radius 2 is 1.83 bits per heavy atom. The normalized spacial score (nSPS) is 16.9. The van der Waals surface area contributed by atoms with Crippen LogP contribution in [0, 0.1) is 6.92 Å². The van der Waals surface area contributed by atoms with Gasteiger partial charge >= 0.3 is 5.97 Å². The minimum absolute atomic E-state index is 0.0507. The number of benzene rings is 1. The van der Waals surface area contributed by atoms with Crippen LogP contribution in [0.5, 0.6) is 11.5 Å². The summed E-state index contributed by atoms with van der Waals surface area (Å²) in [5.74, 6) is 2.06. The number of ether oxygens (including phenoxy) is 3. The van der Waals surface area contributed by atoms with Crippen LogP contribution in [0.4, 0.5) is 0 Å². The summed E-state index contributed by atoms with van der Waals surface area (Å²) >= 11 is 0. The van der Waals surface area contributed by atoms with Gasteiger partial charge in [0, 0.05) is 7.05 Å². The van der Waals surface area contributed by atoms with Crippen LogP contribution >= 0.6 is 0 Å². The van der Waals surface area contributed by atoms with Gasteiger partial charge in [0.1, 0.15) is 17.1 Å². The maximum atomic E-state index is 13.7. The number of nitrogens with zero attached hydrogens (tertiary/aromatic N) is 1. The summed E-state index contributed by atoms with van der Waals surface area (Å²) in [5.41, 5.74) is 0.756. The van der Waals surface area contributed by atoms with E-state index in [2.05, 4.69) is 0 Å². The summed E-state index contributed by atoms with van der Waals surface area (Å²) in [5, 5.41) is 0. The van der Waals surface area contributed by atoms with E-state index in [-0.39, 0.29) is 19.2 Å². The summed E-state index contributed by atoms with van der Waals surface area (Å²) in [6, 6.07) is 7.47. The number of hydrogen-bond acceptors (Lipinski definition) is 6. The highest BCUT2D eigenvalue weighted by atomic mass is 16.7. The third-order valence-corrected chi connectivity index (χ3v) is 6.16. The second-order valence-electron chi connectivity index (χ2n) is 8.05. The minimum Gasteiger partial charge on any atom is -0.465 e. The van der Waals surface area contributed by atoms with Crippen molar-refractivity contribution in [2.24, 2.45) is 0 Å². The number of amides is 1. The van der Waals surface area contributed by atoms with Gasteiger partial charge in [-0.2, -0.15) is 0 Å². The topological polar surface area (TPSA) is 78.2 Å². The lowest BCUT2D eigenvalue weighted by atomic mass is 9.68. The summed E-state index contributed by atoms with van der Waals surface area (Å²) in [7, 11) is 3.11. The third kappa shape index (κ3) is 3.53. The highest BCUT2D eigenvalue weighted by Crippen LogP contribution is 2.44. The average Bonchev–Trinajstić information content (AvgIpc) is 3.38. The zero-order valence-corrected chi connectivity index (χ0v) is 17.7. The monoisotopic (exact) mass is 413 g/mol. The number of carbonyl (C=O) groups excluding carboxylic acids is 2. The Labute approximate surface area is 175 Å². The second kappa shape index (κ2) is 8.05. The molecule has 1 aliphatic heterocycles. The smallest absolute Gasteiger partial charge is 0.341 e. The number of methoxy groups -OCH3 is 1. The third-order valence-electron chi connectivity index (χ3n) is 6.16. The molecule has 30 heavy (non-hydrogen) atoms. The number of rotatable bonds is 5. The Balaban J connectivity index is 1.60. The van der Waals surface area contributed by atoms with Crippen molar-refractivity contribution >= 4 is 11.9 Å². The Hall–Kier alpha value is -2.96. The van der Waals surface area contributed by atoms with Gasteiger partial charge in [-0.3, -0.25) is 4.79 Å². The van der Waals surface area contributed by atoms with Gasteiger partial charge in [0.15, 0.2) is 11.5 Å². The summed E-state index contributed by atoms with van der Waals surface area (Å²) in [6.07, 6.45) is 4.71. The number of hydrogen-bond donors (Lipinski definition) is 0. The van der Waals surface area contributed by atoms with E-state index in [1.54, 1.807) is 24.9 Å². The van der Waals surface area contributed by atoms with E-state index in [1.807, 2.05) is 18.2 Å². The fourth-order valence-electron chi connectivity index (χ4n) is 4.58. The Morgan fingerprint density at radius 1 is 1.10 bits per heavy atom. The Kier molecular flexibility index (Phi) is 5.45. The summed E-state index contributed by atoms with van der Waals surface area (Å²) < 4.78 is 21.5. The van der Waals surface area contributed by atoms with Crippen molar-refractivity contribution in [3.8, 4) is 11.5 Å². The molecule has 0 atom stereocenters. The van der Waals surface area contributed by atoms with Crippen LogP contribution in [0.2, 0.25) is 0 Å². The van der Waals surface area contributed by atoms with Crippen molar-refractivity contribution in [3.05, 3.63) is 46.9 Å². The molecule has 1 saturated carbocycles. The zero-order valence-electron chi connectivity index (χ0n) is 17.7. The molecule has 160 valence electrons. The van der Waals surface area contributed by atoms with Gasteiger partial charge in [-0.1, -0.05) is 25.3 Å². The van der Waals surface area contributed by atoms with Crippen LogP contribution in [0.15, 0.2) is 28.7 Å². The van der Waals surface area contributed by atoms with Crippen molar-refractivity contribution in [1.82, 2.24) is 4.90 Å².